The number of carboxylic acid groups (broad SMARTS) is 1. The minimum Gasteiger partial charge on any atom is -0.478 e. The minimum atomic E-state index is -1.00. The highest BCUT2D eigenvalue weighted by atomic mass is 16.4. The van der Waals surface area contributed by atoms with Crippen molar-refractivity contribution in [2.45, 2.75) is 66.5 Å². The molecule has 0 spiro atoms. The number of hydrogen-bond acceptors (Lipinski definition) is 4. The molecule has 1 fully saturated rings. The first-order valence-electron chi connectivity index (χ1n) is 10.4. The SMILES string of the molecule is CC(=C[C@H](C(C)C)N(C)C(=O)[C@@H](NC(=O)C1CCN(C)CC1)C(C)(C)C)C(=O)O. The Balaban J connectivity index is 3.04. The number of rotatable bonds is 7. The highest BCUT2D eigenvalue weighted by Crippen LogP contribution is 2.25. The number of carbonyl (C=O) groups excluding carboxylic acids is 2. The van der Waals surface area contributed by atoms with E-state index in [1.54, 1.807) is 18.0 Å². The molecule has 1 aliphatic rings. The molecule has 0 aromatic rings. The van der Waals surface area contributed by atoms with E-state index in [9.17, 15) is 19.5 Å². The fourth-order valence-electron chi connectivity index (χ4n) is 3.61. The van der Waals surface area contributed by atoms with Crippen molar-refractivity contribution in [3.8, 4) is 0 Å². The first-order valence-corrected chi connectivity index (χ1v) is 10.4. The van der Waals surface area contributed by atoms with Gasteiger partial charge in [-0.25, -0.2) is 4.79 Å². The first-order chi connectivity index (χ1) is 13.3. The van der Waals surface area contributed by atoms with Crippen molar-refractivity contribution in [3.63, 3.8) is 0 Å². The number of aliphatic carboxylic acids is 1. The van der Waals surface area contributed by atoms with Gasteiger partial charge in [0.05, 0.1) is 6.04 Å². The van der Waals surface area contributed by atoms with Crippen molar-refractivity contribution >= 4 is 17.8 Å². The van der Waals surface area contributed by atoms with E-state index in [1.165, 1.54) is 6.92 Å². The van der Waals surface area contributed by atoms with E-state index in [0.29, 0.717) is 0 Å². The van der Waals surface area contributed by atoms with Gasteiger partial charge in [0.15, 0.2) is 0 Å². The van der Waals surface area contributed by atoms with Gasteiger partial charge in [-0.15, -0.1) is 0 Å². The Morgan fingerprint density at radius 1 is 1.17 bits per heavy atom. The highest BCUT2D eigenvalue weighted by Gasteiger charge is 2.38. The van der Waals surface area contributed by atoms with Crippen LogP contribution in [-0.2, 0) is 14.4 Å². The fourth-order valence-corrected chi connectivity index (χ4v) is 3.61. The number of amides is 2. The van der Waals surface area contributed by atoms with E-state index in [-0.39, 0.29) is 35.3 Å². The Hall–Kier alpha value is -1.89. The van der Waals surface area contributed by atoms with E-state index in [2.05, 4.69) is 10.2 Å². The monoisotopic (exact) mass is 409 g/mol. The van der Waals surface area contributed by atoms with Crippen molar-refractivity contribution in [1.82, 2.24) is 15.1 Å². The zero-order chi connectivity index (χ0) is 22.5. The van der Waals surface area contributed by atoms with Crippen molar-refractivity contribution < 1.29 is 19.5 Å². The molecule has 0 saturated carbocycles. The summed E-state index contributed by atoms with van der Waals surface area (Å²) in [6.45, 7) is 13.0. The Labute approximate surface area is 175 Å². The van der Waals surface area contributed by atoms with Crippen LogP contribution in [0.15, 0.2) is 11.6 Å². The Bertz CT molecular complexity index is 628. The van der Waals surface area contributed by atoms with Crippen LogP contribution in [0.2, 0.25) is 0 Å². The molecule has 0 aromatic heterocycles. The lowest BCUT2D eigenvalue weighted by molar-refractivity contribution is -0.141. The van der Waals surface area contributed by atoms with Crippen LogP contribution in [0.25, 0.3) is 0 Å². The molecule has 0 bridgehead atoms. The molecular formula is C22H39N3O4. The predicted molar refractivity (Wildman–Crippen MR) is 114 cm³/mol. The summed E-state index contributed by atoms with van der Waals surface area (Å²) in [5, 5.41) is 12.2. The second-order valence-corrected chi connectivity index (χ2v) is 9.72. The molecule has 1 heterocycles. The molecule has 2 atom stereocenters. The van der Waals surface area contributed by atoms with Gasteiger partial charge in [0.1, 0.15) is 6.04 Å². The van der Waals surface area contributed by atoms with Gasteiger partial charge < -0.3 is 20.2 Å². The van der Waals surface area contributed by atoms with E-state index in [1.807, 2.05) is 41.7 Å². The molecule has 2 amide bonds. The second kappa shape index (κ2) is 10.2. The minimum absolute atomic E-state index is 0.0310. The molecule has 166 valence electrons. The molecule has 2 N–H and O–H groups in total. The number of carbonyl (C=O) groups is 3. The lowest BCUT2D eigenvalue weighted by Crippen LogP contribution is -2.57. The Morgan fingerprint density at radius 2 is 1.69 bits per heavy atom. The molecule has 29 heavy (non-hydrogen) atoms. The maximum atomic E-state index is 13.4. The molecule has 0 unspecified atom stereocenters. The third-order valence-corrected chi connectivity index (χ3v) is 5.72. The van der Waals surface area contributed by atoms with Crippen LogP contribution < -0.4 is 5.32 Å². The smallest absolute Gasteiger partial charge is 0.331 e. The van der Waals surface area contributed by atoms with Crippen LogP contribution >= 0.6 is 0 Å². The average Bonchev–Trinajstić information content (AvgIpc) is 2.61. The molecular weight excluding hydrogens is 370 g/mol. The third-order valence-electron chi connectivity index (χ3n) is 5.72. The molecule has 1 saturated heterocycles. The molecule has 0 aromatic carbocycles. The van der Waals surface area contributed by atoms with Crippen molar-refractivity contribution in [3.05, 3.63) is 11.6 Å². The van der Waals surface area contributed by atoms with Gasteiger partial charge in [0.2, 0.25) is 11.8 Å². The van der Waals surface area contributed by atoms with E-state index in [0.717, 1.165) is 25.9 Å². The summed E-state index contributed by atoms with van der Waals surface area (Å²) in [4.78, 5) is 41.3. The van der Waals surface area contributed by atoms with Crippen LogP contribution in [0, 0.1) is 17.3 Å². The van der Waals surface area contributed by atoms with E-state index >= 15 is 0 Å². The highest BCUT2D eigenvalue weighted by molar-refractivity contribution is 5.90. The molecule has 1 aliphatic heterocycles. The van der Waals surface area contributed by atoms with Crippen LogP contribution in [0.5, 0.6) is 0 Å². The number of piperidine rings is 1. The summed E-state index contributed by atoms with van der Waals surface area (Å²) in [7, 11) is 3.72. The van der Waals surface area contributed by atoms with Crippen LogP contribution in [-0.4, -0.2) is 72.0 Å². The third kappa shape index (κ3) is 7.14. The number of likely N-dealkylation sites (tertiary alicyclic amines) is 1. The first kappa shape index (κ1) is 25.1. The standard InChI is InChI=1S/C22H39N3O4/c1-14(2)17(13-15(3)21(28)29)25(8)20(27)18(22(4,5)6)23-19(26)16-9-11-24(7)12-10-16/h13-14,16-18H,9-12H2,1-8H3,(H,23,26)(H,28,29)/t17-,18-/m1/s1. The van der Waals surface area contributed by atoms with Crippen LogP contribution in [0.4, 0.5) is 0 Å². The quantitative estimate of drug-likeness (QED) is 0.630. The van der Waals surface area contributed by atoms with Crippen LogP contribution in [0.3, 0.4) is 0 Å². The van der Waals surface area contributed by atoms with Gasteiger partial charge in [-0.2, -0.15) is 0 Å². The summed E-state index contributed by atoms with van der Waals surface area (Å²) in [5.41, 5.74) is -0.273. The lowest BCUT2D eigenvalue weighted by atomic mass is 9.84. The summed E-state index contributed by atoms with van der Waals surface area (Å²) in [5.74, 6) is -1.32. The zero-order valence-electron chi connectivity index (χ0n) is 19.3. The van der Waals surface area contributed by atoms with Gasteiger partial charge in [-0.1, -0.05) is 40.7 Å². The summed E-state index contributed by atoms with van der Waals surface area (Å²) in [6.07, 6.45) is 3.19. The van der Waals surface area contributed by atoms with Gasteiger partial charge in [0.25, 0.3) is 0 Å². The Kier molecular flexibility index (Phi) is 8.87. The molecule has 0 radical (unpaired) electrons. The molecule has 7 heteroatoms. The van der Waals surface area contributed by atoms with Gasteiger partial charge >= 0.3 is 5.97 Å². The maximum absolute atomic E-state index is 13.4. The van der Waals surface area contributed by atoms with Crippen molar-refractivity contribution in [2.75, 3.05) is 27.2 Å². The Morgan fingerprint density at radius 3 is 2.10 bits per heavy atom. The molecule has 0 aliphatic carbocycles. The van der Waals surface area contributed by atoms with E-state index < -0.39 is 17.4 Å². The van der Waals surface area contributed by atoms with Crippen molar-refractivity contribution in [1.29, 1.82) is 0 Å². The van der Waals surface area contributed by atoms with E-state index in [4.69, 9.17) is 0 Å². The lowest BCUT2D eigenvalue weighted by Gasteiger charge is -2.38. The average molecular weight is 410 g/mol. The van der Waals surface area contributed by atoms with Gasteiger partial charge in [-0.05, 0) is 51.2 Å². The topological polar surface area (TPSA) is 90.0 Å². The van der Waals surface area contributed by atoms with Crippen molar-refractivity contribution in [2.24, 2.45) is 17.3 Å². The maximum Gasteiger partial charge on any atom is 0.331 e. The number of likely N-dealkylation sites (N-methyl/N-ethyl adjacent to an activating group) is 1. The number of nitrogens with zero attached hydrogens (tertiary/aromatic N) is 2. The summed E-state index contributed by atoms with van der Waals surface area (Å²) in [6, 6.07) is -1.05. The zero-order valence-corrected chi connectivity index (χ0v) is 19.3. The summed E-state index contributed by atoms with van der Waals surface area (Å²) < 4.78 is 0. The number of carboxylic acids is 1. The predicted octanol–water partition coefficient (Wildman–Crippen LogP) is 2.37. The molecule has 7 nitrogen and oxygen atoms in total. The van der Waals surface area contributed by atoms with Gasteiger partial charge in [-0.3, -0.25) is 9.59 Å². The fraction of sp³-hybridized carbons (Fsp3) is 0.773. The molecule has 1 rings (SSSR count). The largest absolute Gasteiger partial charge is 0.478 e. The van der Waals surface area contributed by atoms with Crippen LogP contribution in [0.1, 0.15) is 54.4 Å². The normalized spacial score (nSPS) is 19.0. The summed E-state index contributed by atoms with van der Waals surface area (Å²) >= 11 is 0. The second-order valence-electron chi connectivity index (χ2n) is 9.72. The number of hydrogen-bond donors (Lipinski definition) is 2. The number of nitrogens with one attached hydrogen (secondary N) is 1. The van der Waals surface area contributed by atoms with Gasteiger partial charge in [0, 0.05) is 18.5 Å².